The Kier molecular flexibility index (Phi) is 7.95. The highest BCUT2D eigenvalue weighted by atomic mass is 32.2. The fourth-order valence-corrected chi connectivity index (χ4v) is 5.33. The first-order valence-corrected chi connectivity index (χ1v) is 12.8. The number of nitrogens with zero attached hydrogens (tertiary/aromatic N) is 1. The molecule has 6 nitrogen and oxygen atoms in total. The molecule has 1 aromatic carbocycles. The molecule has 1 saturated heterocycles. The Bertz CT molecular complexity index is 922. The summed E-state index contributed by atoms with van der Waals surface area (Å²) in [6.45, 7) is 14.0. The topological polar surface area (TPSA) is 83.6 Å². The number of hydrogen-bond acceptors (Lipinski definition) is 4. The van der Waals surface area contributed by atoms with Crippen LogP contribution in [0.25, 0.3) is 0 Å². The number of nitrogens with one attached hydrogen (secondary N) is 1. The lowest BCUT2D eigenvalue weighted by atomic mass is 9.95. The molecule has 2 amide bonds. The SMILES string of the molecule is Cc1cc(CC(=O)N2CCC(CS(=O)(=O)C(C)(C)C)CC2)c(C)c(C(=O)NC(C)C)c1. The van der Waals surface area contributed by atoms with E-state index in [-0.39, 0.29) is 35.9 Å². The highest BCUT2D eigenvalue weighted by molar-refractivity contribution is 7.92. The number of carbonyl (C=O) groups excluding carboxylic acids is 2. The van der Waals surface area contributed by atoms with Crippen molar-refractivity contribution in [2.75, 3.05) is 18.8 Å². The number of benzene rings is 1. The molecule has 0 aromatic heterocycles. The smallest absolute Gasteiger partial charge is 0.251 e. The van der Waals surface area contributed by atoms with Crippen molar-refractivity contribution in [3.63, 3.8) is 0 Å². The van der Waals surface area contributed by atoms with Crippen LogP contribution in [0.5, 0.6) is 0 Å². The van der Waals surface area contributed by atoms with Crippen LogP contribution < -0.4 is 5.32 Å². The molecule has 0 unspecified atom stereocenters. The van der Waals surface area contributed by atoms with Gasteiger partial charge in [0.15, 0.2) is 9.84 Å². The van der Waals surface area contributed by atoms with Gasteiger partial charge in [-0.15, -0.1) is 0 Å². The van der Waals surface area contributed by atoms with E-state index in [1.807, 2.05) is 44.7 Å². The second-order valence-electron chi connectivity index (χ2n) is 10.1. The minimum Gasteiger partial charge on any atom is -0.350 e. The maximum atomic E-state index is 12.9. The second kappa shape index (κ2) is 9.72. The van der Waals surface area contributed by atoms with Crippen LogP contribution >= 0.6 is 0 Å². The van der Waals surface area contributed by atoms with E-state index in [2.05, 4.69) is 5.32 Å². The number of sulfone groups is 1. The number of hydrogen-bond donors (Lipinski definition) is 1. The van der Waals surface area contributed by atoms with Crippen LogP contribution in [0.4, 0.5) is 0 Å². The molecule has 0 atom stereocenters. The summed E-state index contributed by atoms with van der Waals surface area (Å²) in [4.78, 5) is 27.3. The monoisotopic (exact) mass is 450 g/mol. The lowest BCUT2D eigenvalue weighted by Gasteiger charge is -2.33. The normalized spacial score (nSPS) is 15.9. The number of aryl methyl sites for hydroxylation is 1. The second-order valence-corrected chi connectivity index (χ2v) is 12.9. The zero-order valence-corrected chi connectivity index (χ0v) is 20.9. The van der Waals surface area contributed by atoms with Crippen LogP contribution in [-0.2, 0) is 21.1 Å². The minimum atomic E-state index is -3.16. The summed E-state index contributed by atoms with van der Waals surface area (Å²) < 4.78 is 24.2. The van der Waals surface area contributed by atoms with Crippen molar-refractivity contribution < 1.29 is 18.0 Å². The van der Waals surface area contributed by atoms with Crippen molar-refractivity contribution in [2.45, 2.75) is 78.5 Å². The Balaban J connectivity index is 2.04. The van der Waals surface area contributed by atoms with Gasteiger partial charge in [-0.2, -0.15) is 0 Å². The molecule has 0 saturated carbocycles. The fraction of sp³-hybridized carbons (Fsp3) is 0.667. The van der Waals surface area contributed by atoms with E-state index in [0.717, 1.165) is 16.7 Å². The van der Waals surface area contributed by atoms with Crippen molar-refractivity contribution in [1.82, 2.24) is 10.2 Å². The van der Waals surface area contributed by atoms with E-state index < -0.39 is 14.6 Å². The predicted molar refractivity (Wildman–Crippen MR) is 125 cm³/mol. The third kappa shape index (κ3) is 6.55. The van der Waals surface area contributed by atoms with Gasteiger partial charge < -0.3 is 10.2 Å². The van der Waals surface area contributed by atoms with Crippen LogP contribution in [0.15, 0.2) is 12.1 Å². The number of amides is 2. The first-order chi connectivity index (χ1) is 14.2. The van der Waals surface area contributed by atoms with Crippen LogP contribution in [0.3, 0.4) is 0 Å². The quantitative estimate of drug-likeness (QED) is 0.720. The predicted octanol–water partition coefficient (Wildman–Crippen LogP) is 3.44. The van der Waals surface area contributed by atoms with Crippen LogP contribution in [0, 0.1) is 19.8 Å². The molecule has 7 heteroatoms. The van der Waals surface area contributed by atoms with Gasteiger partial charge in [-0.25, -0.2) is 8.42 Å². The van der Waals surface area contributed by atoms with Crippen LogP contribution in [-0.4, -0.2) is 54.8 Å². The molecule has 2 rings (SSSR count). The third-order valence-electron chi connectivity index (χ3n) is 6.02. The maximum absolute atomic E-state index is 12.9. The lowest BCUT2D eigenvalue weighted by Crippen LogP contribution is -2.42. The molecule has 1 fully saturated rings. The van der Waals surface area contributed by atoms with E-state index >= 15 is 0 Å². The largest absolute Gasteiger partial charge is 0.350 e. The molecule has 1 N–H and O–H groups in total. The molecule has 31 heavy (non-hydrogen) atoms. The Morgan fingerprint density at radius 2 is 1.71 bits per heavy atom. The van der Waals surface area contributed by atoms with Gasteiger partial charge in [-0.3, -0.25) is 9.59 Å². The molecule has 0 radical (unpaired) electrons. The van der Waals surface area contributed by atoms with Gasteiger partial charge in [0.1, 0.15) is 0 Å². The van der Waals surface area contributed by atoms with Gasteiger partial charge in [0.05, 0.1) is 16.9 Å². The highest BCUT2D eigenvalue weighted by Crippen LogP contribution is 2.26. The summed E-state index contributed by atoms with van der Waals surface area (Å²) in [6, 6.07) is 3.88. The summed E-state index contributed by atoms with van der Waals surface area (Å²) in [5.74, 6) is 0.191. The minimum absolute atomic E-state index is 0.0287. The third-order valence-corrected chi connectivity index (χ3v) is 8.80. The van der Waals surface area contributed by atoms with E-state index in [0.29, 0.717) is 31.5 Å². The molecule has 0 spiro atoms. The summed E-state index contributed by atoms with van der Waals surface area (Å²) in [7, 11) is -3.16. The standard InChI is InChI=1S/C24H38N2O4S/c1-16(2)25-23(28)21-13-17(3)12-20(18(21)4)14-22(27)26-10-8-19(9-11-26)15-31(29,30)24(5,6)7/h12-13,16,19H,8-11,14-15H2,1-7H3,(H,25,28). The van der Waals surface area contributed by atoms with Crippen molar-refractivity contribution in [3.8, 4) is 0 Å². The highest BCUT2D eigenvalue weighted by Gasteiger charge is 2.33. The van der Waals surface area contributed by atoms with Crippen LogP contribution in [0.1, 0.15) is 74.5 Å². The zero-order valence-electron chi connectivity index (χ0n) is 20.0. The Morgan fingerprint density at radius 1 is 1.13 bits per heavy atom. The van der Waals surface area contributed by atoms with Crippen molar-refractivity contribution in [2.24, 2.45) is 5.92 Å². The maximum Gasteiger partial charge on any atom is 0.251 e. The van der Waals surface area contributed by atoms with Crippen molar-refractivity contribution in [1.29, 1.82) is 0 Å². The zero-order chi connectivity index (χ0) is 23.6. The van der Waals surface area contributed by atoms with Gasteiger partial charge in [-0.1, -0.05) is 11.6 Å². The number of piperidine rings is 1. The molecule has 1 aliphatic heterocycles. The molecule has 1 heterocycles. The lowest BCUT2D eigenvalue weighted by molar-refractivity contribution is -0.131. The fourth-order valence-electron chi connectivity index (χ4n) is 3.88. The summed E-state index contributed by atoms with van der Waals surface area (Å²) in [6.07, 6.45) is 1.66. The van der Waals surface area contributed by atoms with E-state index in [9.17, 15) is 18.0 Å². The van der Waals surface area contributed by atoms with Gasteiger partial charge in [0, 0.05) is 24.7 Å². The molecule has 1 aromatic rings. The molecule has 0 aliphatic carbocycles. The Labute approximate surface area is 187 Å². The Hall–Kier alpha value is -1.89. The van der Waals surface area contributed by atoms with Gasteiger partial charge >= 0.3 is 0 Å². The summed E-state index contributed by atoms with van der Waals surface area (Å²) >= 11 is 0. The summed E-state index contributed by atoms with van der Waals surface area (Å²) in [5, 5.41) is 2.92. The molecular weight excluding hydrogens is 412 g/mol. The Morgan fingerprint density at radius 3 is 2.23 bits per heavy atom. The first-order valence-electron chi connectivity index (χ1n) is 11.1. The molecular formula is C24H38N2O4S. The number of likely N-dealkylation sites (tertiary alicyclic amines) is 1. The van der Waals surface area contributed by atoms with Crippen LogP contribution in [0.2, 0.25) is 0 Å². The van der Waals surface area contributed by atoms with Gasteiger partial charge in [0.25, 0.3) is 5.91 Å². The van der Waals surface area contributed by atoms with E-state index in [4.69, 9.17) is 0 Å². The molecule has 174 valence electrons. The first kappa shape index (κ1) is 25.4. The summed E-state index contributed by atoms with van der Waals surface area (Å²) in [5.41, 5.74) is 3.27. The average molecular weight is 451 g/mol. The average Bonchev–Trinajstić information content (AvgIpc) is 2.63. The molecule has 1 aliphatic rings. The number of carbonyl (C=O) groups is 2. The van der Waals surface area contributed by atoms with E-state index in [1.54, 1.807) is 20.8 Å². The molecule has 0 bridgehead atoms. The van der Waals surface area contributed by atoms with Gasteiger partial charge in [-0.05, 0) is 84.4 Å². The van der Waals surface area contributed by atoms with Crippen molar-refractivity contribution >= 4 is 21.7 Å². The number of rotatable bonds is 6. The van der Waals surface area contributed by atoms with Gasteiger partial charge in [0.2, 0.25) is 5.91 Å². The van der Waals surface area contributed by atoms with E-state index in [1.165, 1.54) is 0 Å². The van der Waals surface area contributed by atoms with Crippen molar-refractivity contribution in [3.05, 3.63) is 34.4 Å².